The lowest BCUT2D eigenvalue weighted by Crippen LogP contribution is -2.30. The van der Waals surface area contributed by atoms with Crippen LogP contribution in [0.2, 0.25) is 0 Å². The zero-order valence-electron chi connectivity index (χ0n) is 14.4. The van der Waals surface area contributed by atoms with Crippen LogP contribution in [-0.2, 0) is 5.41 Å². The molecule has 1 aromatic heterocycles. The summed E-state index contributed by atoms with van der Waals surface area (Å²) in [6, 6.07) is 11.4. The largest absolute Gasteiger partial charge is 0.396 e. The van der Waals surface area contributed by atoms with Crippen LogP contribution in [0.4, 0.5) is 0 Å². The molecule has 0 bridgehead atoms. The molecule has 5 nitrogen and oxygen atoms in total. The van der Waals surface area contributed by atoms with E-state index in [-0.39, 0.29) is 12.0 Å². The van der Waals surface area contributed by atoms with Crippen molar-refractivity contribution in [2.75, 3.05) is 13.2 Å². The number of aromatic nitrogens is 2. The van der Waals surface area contributed by atoms with E-state index in [4.69, 9.17) is 14.6 Å². The van der Waals surface area contributed by atoms with Crippen molar-refractivity contribution in [1.29, 1.82) is 0 Å². The standard InChI is InChI=1S/C20H25N3O2/c24-11-13-8-15(9-13)18-22-19(23-25-18)20(6-7-20)12-21-17-10-16(17)14-4-2-1-3-5-14/h1-5,13,15-17,21,24H,6-12H2/t13?,15?,16-,17+/m0/s1. The maximum Gasteiger partial charge on any atom is 0.229 e. The first-order chi connectivity index (χ1) is 12.3. The highest BCUT2D eigenvalue weighted by atomic mass is 16.5. The summed E-state index contributed by atoms with van der Waals surface area (Å²) >= 11 is 0. The Morgan fingerprint density at radius 1 is 1.16 bits per heavy atom. The highest BCUT2D eigenvalue weighted by Gasteiger charge is 2.50. The van der Waals surface area contributed by atoms with E-state index in [1.807, 2.05) is 0 Å². The molecule has 132 valence electrons. The smallest absolute Gasteiger partial charge is 0.229 e. The fourth-order valence-electron chi connectivity index (χ4n) is 4.15. The Bertz CT molecular complexity index is 734. The van der Waals surface area contributed by atoms with Crippen molar-refractivity contribution in [3.63, 3.8) is 0 Å². The first-order valence-electron chi connectivity index (χ1n) is 9.51. The zero-order chi connectivity index (χ0) is 16.9. The van der Waals surface area contributed by atoms with Crippen LogP contribution in [0.1, 0.15) is 61.2 Å². The molecule has 2 aromatic rings. The molecule has 0 saturated heterocycles. The molecule has 0 amide bonds. The Morgan fingerprint density at radius 2 is 1.96 bits per heavy atom. The van der Waals surface area contributed by atoms with Crippen molar-refractivity contribution in [1.82, 2.24) is 15.5 Å². The maximum atomic E-state index is 9.15. The van der Waals surface area contributed by atoms with Gasteiger partial charge in [0.1, 0.15) is 0 Å². The minimum Gasteiger partial charge on any atom is -0.396 e. The van der Waals surface area contributed by atoms with Crippen molar-refractivity contribution in [2.24, 2.45) is 5.92 Å². The minimum atomic E-state index is 0.0890. The van der Waals surface area contributed by atoms with Gasteiger partial charge in [0.25, 0.3) is 0 Å². The predicted octanol–water partition coefficient (Wildman–Crippen LogP) is 2.73. The number of benzene rings is 1. The first-order valence-corrected chi connectivity index (χ1v) is 9.51. The molecule has 0 unspecified atom stereocenters. The molecule has 3 fully saturated rings. The van der Waals surface area contributed by atoms with Gasteiger partial charge in [0.2, 0.25) is 5.89 Å². The third-order valence-electron chi connectivity index (χ3n) is 6.33. The summed E-state index contributed by atoms with van der Waals surface area (Å²) in [5.74, 6) is 3.09. The predicted molar refractivity (Wildman–Crippen MR) is 93.4 cm³/mol. The molecular formula is C20H25N3O2. The highest BCUT2D eigenvalue weighted by molar-refractivity contribution is 5.28. The van der Waals surface area contributed by atoms with E-state index in [9.17, 15) is 0 Å². The molecule has 5 rings (SSSR count). The average molecular weight is 339 g/mol. The van der Waals surface area contributed by atoms with Gasteiger partial charge in [-0.05, 0) is 43.6 Å². The molecule has 1 aromatic carbocycles. The lowest BCUT2D eigenvalue weighted by molar-refractivity contribution is 0.126. The Hall–Kier alpha value is -1.72. The third kappa shape index (κ3) is 2.89. The number of aliphatic hydroxyl groups is 1. The van der Waals surface area contributed by atoms with E-state index in [0.29, 0.717) is 23.8 Å². The molecule has 3 aliphatic rings. The van der Waals surface area contributed by atoms with Gasteiger partial charge in [-0.2, -0.15) is 4.98 Å². The van der Waals surface area contributed by atoms with Crippen molar-refractivity contribution in [3.8, 4) is 0 Å². The molecule has 0 aliphatic heterocycles. The van der Waals surface area contributed by atoms with Crippen LogP contribution >= 0.6 is 0 Å². The third-order valence-corrected chi connectivity index (χ3v) is 6.33. The van der Waals surface area contributed by atoms with Crippen LogP contribution in [0.3, 0.4) is 0 Å². The topological polar surface area (TPSA) is 71.2 Å². The Labute approximate surface area is 147 Å². The van der Waals surface area contributed by atoms with Gasteiger partial charge in [-0.1, -0.05) is 35.5 Å². The summed E-state index contributed by atoms with van der Waals surface area (Å²) in [5.41, 5.74) is 1.53. The van der Waals surface area contributed by atoms with Crippen LogP contribution in [0.15, 0.2) is 34.9 Å². The SMILES string of the molecule is OCC1CC(c2nc(C3(CN[C@@H]4C[C@H]4c4ccccc4)CC3)no2)C1. The van der Waals surface area contributed by atoms with Crippen LogP contribution in [0.5, 0.6) is 0 Å². The van der Waals surface area contributed by atoms with E-state index in [0.717, 1.165) is 43.9 Å². The summed E-state index contributed by atoms with van der Waals surface area (Å²) in [6.45, 7) is 1.22. The Kier molecular flexibility index (Phi) is 3.68. The second-order valence-electron chi connectivity index (χ2n) is 8.19. The Morgan fingerprint density at radius 3 is 2.68 bits per heavy atom. The summed E-state index contributed by atoms with van der Waals surface area (Å²) in [6.07, 6.45) is 5.47. The van der Waals surface area contributed by atoms with Gasteiger partial charge >= 0.3 is 0 Å². The van der Waals surface area contributed by atoms with E-state index in [1.165, 1.54) is 12.0 Å². The minimum absolute atomic E-state index is 0.0890. The highest BCUT2D eigenvalue weighted by Crippen LogP contribution is 2.49. The molecule has 25 heavy (non-hydrogen) atoms. The van der Waals surface area contributed by atoms with Crippen molar-refractivity contribution in [3.05, 3.63) is 47.6 Å². The monoisotopic (exact) mass is 339 g/mol. The van der Waals surface area contributed by atoms with Gasteiger partial charge in [0.05, 0.1) is 0 Å². The zero-order valence-corrected chi connectivity index (χ0v) is 14.4. The maximum absolute atomic E-state index is 9.15. The summed E-state index contributed by atoms with van der Waals surface area (Å²) in [4.78, 5) is 4.71. The molecular weight excluding hydrogens is 314 g/mol. The second-order valence-corrected chi connectivity index (χ2v) is 8.19. The van der Waals surface area contributed by atoms with Gasteiger partial charge in [-0.15, -0.1) is 0 Å². The van der Waals surface area contributed by atoms with Gasteiger partial charge in [0, 0.05) is 36.4 Å². The molecule has 2 N–H and O–H groups in total. The molecule has 0 spiro atoms. The van der Waals surface area contributed by atoms with Crippen molar-refractivity contribution in [2.45, 2.75) is 55.4 Å². The first kappa shape index (κ1) is 15.5. The average Bonchev–Trinajstić information content (AvgIpc) is 3.51. The summed E-state index contributed by atoms with van der Waals surface area (Å²) in [5, 5.41) is 17.2. The lowest BCUT2D eigenvalue weighted by Gasteiger charge is -2.30. The van der Waals surface area contributed by atoms with Crippen LogP contribution < -0.4 is 5.32 Å². The lowest BCUT2D eigenvalue weighted by atomic mass is 9.75. The number of hydrogen-bond donors (Lipinski definition) is 2. The number of rotatable bonds is 7. The van der Waals surface area contributed by atoms with E-state index < -0.39 is 0 Å². The van der Waals surface area contributed by atoms with Crippen LogP contribution in [0, 0.1) is 5.92 Å². The molecule has 5 heteroatoms. The number of hydrogen-bond acceptors (Lipinski definition) is 5. The number of aliphatic hydroxyl groups excluding tert-OH is 1. The van der Waals surface area contributed by atoms with Gasteiger partial charge in [-0.25, -0.2) is 0 Å². The Balaban J connectivity index is 1.17. The van der Waals surface area contributed by atoms with Crippen LogP contribution in [0.25, 0.3) is 0 Å². The van der Waals surface area contributed by atoms with E-state index >= 15 is 0 Å². The van der Waals surface area contributed by atoms with Crippen molar-refractivity contribution >= 4 is 0 Å². The summed E-state index contributed by atoms with van der Waals surface area (Å²) in [7, 11) is 0. The number of nitrogens with one attached hydrogen (secondary N) is 1. The number of nitrogens with zero attached hydrogens (tertiary/aromatic N) is 2. The van der Waals surface area contributed by atoms with Gasteiger partial charge in [0.15, 0.2) is 5.82 Å². The van der Waals surface area contributed by atoms with E-state index in [1.54, 1.807) is 0 Å². The molecule has 1 heterocycles. The fraction of sp³-hybridized carbons (Fsp3) is 0.600. The van der Waals surface area contributed by atoms with Gasteiger partial charge < -0.3 is 14.9 Å². The van der Waals surface area contributed by atoms with Gasteiger partial charge in [-0.3, -0.25) is 0 Å². The molecule has 2 atom stereocenters. The quantitative estimate of drug-likeness (QED) is 0.811. The molecule has 3 aliphatic carbocycles. The molecule has 3 saturated carbocycles. The fourth-order valence-corrected chi connectivity index (χ4v) is 4.15. The van der Waals surface area contributed by atoms with E-state index in [2.05, 4.69) is 40.8 Å². The van der Waals surface area contributed by atoms with Crippen molar-refractivity contribution < 1.29 is 9.63 Å². The normalized spacial score (nSPS) is 32.2. The summed E-state index contributed by atoms with van der Waals surface area (Å²) < 4.78 is 5.53. The molecule has 0 radical (unpaired) electrons. The second kappa shape index (κ2) is 5.92. The van der Waals surface area contributed by atoms with Crippen LogP contribution in [-0.4, -0.2) is 34.4 Å².